The van der Waals surface area contributed by atoms with E-state index in [9.17, 15) is 18.0 Å². The van der Waals surface area contributed by atoms with Gasteiger partial charge < -0.3 is 16.4 Å². The summed E-state index contributed by atoms with van der Waals surface area (Å²) in [5.74, 6) is 0.241. The molecule has 1 aliphatic rings. The Morgan fingerprint density at radius 2 is 1.96 bits per heavy atom. The minimum Gasteiger partial charge on any atom is -0.369 e. The number of likely N-dealkylation sites (tertiary alicyclic amines) is 1. The second kappa shape index (κ2) is 11.7. The molecule has 1 fully saturated rings. The molecule has 0 atom stereocenters. The lowest BCUT2D eigenvalue weighted by molar-refractivity contribution is -0.142. The maximum absolute atomic E-state index is 12.2. The number of carbonyl (C=O) groups excluding carboxylic acids is 1. The van der Waals surface area contributed by atoms with Crippen molar-refractivity contribution in [2.75, 3.05) is 53.4 Å². The standard InChI is InChI=1S/C14H27F3N6O.HI/c1-19-13(20-5-8-22(2)10-14(15,16)17)21-11-3-6-23(7-4-11)9-12(18)24;/h11H,3-10H2,1-2H3,(H2,18,24)(H2,19,20,21);1H. The fourth-order valence-electron chi connectivity index (χ4n) is 2.59. The van der Waals surface area contributed by atoms with Crippen molar-refractivity contribution in [2.24, 2.45) is 10.7 Å². The average molecular weight is 480 g/mol. The molecule has 11 heteroatoms. The first kappa shape index (κ1) is 24.2. The molecule has 0 aliphatic carbocycles. The van der Waals surface area contributed by atoms with Crippen LogP contribution in [-0.2, 0) is 4.79 Å². The van der Waals surface area contributed by atoms with Crippen LogP contribution in [0.25, 0.3) is 0 Å². The Kier molecular flexibility index (Phi) is 11.3. The van der Waals surface area contributed by atoms with E-state index in [2.05, 4.69) is 15.6 Å². The van der Waals surface area contributed by atoms with E-state index in [1.807, 2.05) is 4.90 Å². The number of nitrogens with one attached hydrogen (secondary N) is 2. The lowest BCUT2D eigenvalue weighted by Crippen LogP contribution is -2.50. The molecule has 0 saturated carbocycles. The summed E-state index contributed by atoms with van der Waals surface area (Å²) in [6.07, 6.45) is -2.49. The van der Waals surface area contributed by atoms with Gasteiger partial charge in [-0.05, 0) is 19.9 Å². The zero-order chi connectivity index (χ0) is 18.2. The summed E-state index contributed by atoms with van der Waals surface area (Å²) >= 11 is 0. The van der Waals surface area contributed by atoms with Gasteiger partial charge in [-0.1, -0.05) is 0 Å². The minimum atomic E-state index is -4.19. The van der Waals surface area contributed by atoms with Crippen LogP contribution in [0.15, 0.2) is 4.99 Å². The Morgan fingerprint density at radius 1 is 1.36 bits per heavy atom. The highest BCUT2D eigenvalue weighted by Gasteiger charge is 2.28. The van der Waals surface area contributed by atoms with Gasteiger partial charge in [0.2, 0.25) is 5.91 Å². The molecule has 0 spiro atoms. The Bertz CT molecular complexity index is 427. The van der Waals surface area contributed by atoms with Gasteiger partial charge in [0.25, 0.3) is 0 Å². The zero-order valence-corrected chi connectivity index (χ0v) is 16.9. The molecule has 0 aromatic rings. The van der Waals surface area contributed by atoms with Crippen LogP contribution in [-0.4, -0.2) is 87.2 Å². The van der Waals surface area contributed by atoms with Crippen molar-refractivity contribution in [3.63, 3.8) is 0 Å². The Balaban J connectivity index is 0.00000576. The van der Waals surface area contributed by atoms with Crippen molar-refractivity contribution >= 4 is 35.8 Å². The van der Waals surface area contributed by atoms with Gasteiger partial charge in [0.05, 0.1) is 13.1 Å². The van der Waals surface area contributed by atoms with Crippen LogP contribution in [0, 0.1) is 0 Å². The van der Waals surface area contributed by atoms with Crippen LogP contribution in [0.1, 0.15) is 12.8 Å². The predicted octanol–water partition coefficient (Wildman–Crippen LogP) is 0.213. The number of guanidine groups is 1. The van der Waals surface area contributed by atoms with Crippen molar-refractivity contribution in [1.82, 2.24) is 20.4 Å². The number of hydrogen-bond acceptors (Lipinski definition) is 4. The minimum absolute atomic E-state index is 0. The summed E-state index contributed by atoms with van der Waals surface area (Å²) in [6, 6.07) is 0.216. The normalized spacial score (nSPS) is 17.3. The summed E-state index contributed by atoms with van der Waals surface area (Å²) in [5, 5.41) is 6.28. The van der Waals surface area contributed by atoms with E-state index < -0.39 is 12.7 Å². The van der Waals surface area contributed by atoms with Gasteiger partial charge in [-0.15, -0.1) is 24.0 Å². The largest absolute Gasteiger partial charge is 0.401 e. The summed E-state index contributed by atoms with van der Waals surface area (Å²) in [4.78, 5) is 18.2. The molecule has 1 saturated heterocycles. The Labute approximate surface area is 163 Å². The number of piperidine rings is 1. The smallest absolute Gasteiger partial charge is 0.369 e. The molecule has 1 aliphatic heterocycles. The van der Waals surface area contributed by atoms with Crippen molar-refractivity contribution in [3.05, 3.63) is 0 Å². The lowest BCUT2D eigenvalue weighted by atomic mass is 10.1. The highest BCUT2D eigenvalue weighted by atomic mass is 127. The van der Waals surface area contributed by atoms with Gasteiger partial charge >= 0.3 is 6.18 Å². The number of halogens is 4. The number of likely N-dealkylation sites (N-methyl/N-ethyl adjacent to an activating group) is 1. The third-order valence-electron chi connectivity index (χ3n) is 3.77. The summed E-state index contributed by atoms with van der Waals surface area (Å²) in [7, 11) is 3.05. The molecule has 0 unspecified atom stereocenters. The molecule has 0 bridgehead atoms. The number of nitrogens with two attached hydrogens (primary N) is 1. The van der Waals surface area contributed by atoms with Gasteiger partial charge in [0, 0.05) is 39.3 Å². The first-order valence-electron chi connectivity index (χ1n) is 7.92. The van der Waals surface area contributed by atoms with Crippen molar-refractivity contribution in [2.45, 2.75) is 25.1 Å². The van der Waals surface area contributed by atoms with Crippen LogP contribution in [0.2, 0.25) is 0 Å². The monoisotopic (exact) mass is 480 g/mol. The van der Waals surface area contributed by atoms with Crippen molar-refractivity contribution in [1.29, 1.82) is 0 Å². The van der Waals surface area contributed by atoms with Gasteiger partial charge in [0.1, 0.15) is 0 Å². The SMILES string of the molecule is CN=C(NCCN(C)CC(F)(F)F)NC1CCN(CC(N)=O)CC1.I. The third-order valence-corrected chi connectivity index (χ3v) is 3.77. The summed E-state index contributed by atoms with van der Waals surface area (Å²) in [5.41, 5.74) is 5.18. The lowest BCUT2D eigenvalue weighted by Gasteiger charge is -2.32. The molecule has 0 radical (unpaired) electrons. The molecule has 148 valence electrons. The number of hydrogen-bond donors (Lipinski definition) is 3. The Morgan fingerprint density at radius 3 is 2.44 bits per heavy atom. The second-order valence-corrected chi connectivity index (χ2v) is 6.01. The fraction of sp³-hybridized carbons (Fsp3) is 0.857. The molecule has 0 aromatic carbocycles. The maximum Gasteiger partial charge on any atom is 0.401 e. The molecule has 1 heterocycles. The third kappa shape index (κ3) is 11.4. The molecule has 0 aromatic heterocycles. The fourth-order valence-corrected chi connectivity index (χ4v) is 2.59. The molecular weight excluding hydrogens is 452 g/mol. The number of alkyl halides is 3. The number of primary amides is 1. The first-order valence-corrected chi connectivity index (χ1v) is 7.92. The van der Waals surface area contributed by atoms with Crippen LogP contribution < -0.4 is 16.4 Å². The van der Waals surface area contributed by atoms with E-state index in [4.69, 9.17) is 5.73 Å². The highest BCUT2D eigenvalue weighted by Crippen LogP contribution is 2.15. The quantitative estimate of drug-likeness (QED) is 0.276. The molecule has 25 heavy (non-hydrogen) atoms. The highest BCUT2D eigenvalue weighted by molar-refractivity contribution is 14.0. The number of carbonyl (C=O) groups is 1. The molecule has 4 N–H and O–H groups in total. The van der Waals surface area contributed by atoms with Crippen LogP contribution in [0.4, 0.5) is 13.2 Å². The van der Waals surface area contributed by atoms with E-state index in [0.717, 1.165) is 25.9 Å². The maximum atomic E-state index is 12.2. The number of aliphatic imine (C=N–C) groups is 1. The van der Waals surface area contributed by atoms with E-state index in [1.54, 1.807) is 7.05 Å². The topological polar surface area (TPSA) is 86.0 Å². The summed E-state index contributed by atoms with van der Waals surface area (Å²) in [6.45, 7) is 1.51. The first-order chi connectivity index (χ1) is 11.2. The second-order valence-electron chi connectivity index (χ2n) is 6.01. The van der Waals surface area contributed by atoms with E-state index in [1.165, 1.54) is 11.9 Å². The Hall–Kier alpha value is -0.820. The predicted molar refractivity (Wildman–Crippen MR) is 102 cm³/mol. The number of rotatable bonds is 7. The number of amides is 1. The molecule has 1 rings (SSSR count). The van der Waals surface area contributed by atoms with Crippen LogP contribution in [0.5, 0.6) is 0 Å². The number of nitrogens with zero attached hydrogens (tertiary/aromatic N) is 3. The molecular formula is C14H28F3IN6O. The van der Waals surface area contributed by atoms with E-state index in [-0.39, 0.29) is 49.0 Å². The van der Waals surface area contributed by atoms with Crippen molar-refractivity contribution < 1.29 is 18.0 Å². The van der Waals surface area contributed by atoms with E-state index in [0.29, 0.717) is 12.5 Å². The van der Waals surface area contributed by atoms with Crippen LogP contribution >= 0.6 is 24.0 Å². The van der Waals surface area contributed by atoms with Gasteiger partial charge in [0.15, 0.2) is 5.96 Å². The average Bonchev–Trinajstić information content (AvgIpc) is 2.45. The zero-order valence-electron chi connectivity index (χ0n) is 14.6. The van der Waals surface area contributed by atoms with Gasteiger partial charge in [-0.2, -0.15) is 13.2 Å². The van der Waals surface area contributed by atoms with Crippen molar-refractivity contribution in [3.8, 4) is 0 Å². The molecule has 7 nitrogen and oxygen atoms in total. The summed E-state index contributed by atoms with van der Waals surface area (Å²) < 4.78 is 36.7. The molecule has 1 amide bonds. The van der Waals surface area contributed by atoms with Gasteiger partial charge in [-0.3, -0.25) is 19.6 Å². The van der Waals surface area contributed by atoms with E-state index >= 15 is 0 Å². The van der Waals surface area contributed by atoms with Crippen LogP contribution in [0.3, 0.4) is 0 Å². The van der Waals surface area contributed by atoms with Gasteiger partial charge in [-0.25, -0.2) is 0 Å².